The van der Waals surface area contributed by atoms with E-state index in [4.69, 9.17) is 14.9 Å². The van der Waals surface area contributed by atoms with Gasteiger partial charge in [-0.15, -0.1) is 0 Å². The van der Waals surface area contributed by atoms with Crippen LogP contribution in [0.3, 0.4) is 0 Å². The summed E-state index contributed by atoms with van der Waals surface area (Å²) in [7, 11) is 0. The molecule has 0 bridgehead atoms. The standard InChI is InChI=1S/C20H14F3N5O2/c21-20(22,23)17-9-15(5-7-25-17)30-14-3-1-13(2-4-14)26-18-10-16(27-19(24)28-18)12-6-8-29-11-12/h1-11H,(H3,24,26,27,28). The molecule has 3 N–H and O–H groups in total. The molecule has 4 rings (SSSR count). The Labute approximate surface area is 168 Å². The monoisotopic (exact) mass is 413 g/mol. The molecule has 3 aromatic heterocycles. The van der Waals surface area contributed by atoms with Crippen molar-refractivity contribution < 1.29 is 22.3 Å². The van der Waals surface area contributed by atoms with Gasteiger partial charge < -0.3 is 20.2 Å². The van der Waals surface area contributed by atoms with E-state index in [1.54, 1.807) is 42.7 Å². The summed E-state index contributed by atoms with van der Waals surface area (Å²) < 4.78 is 48.8. The van der Waals surface area contributed by atoms with Crippen LogP contribution in [0, 0.1) is 0 Å². The molecule has 0 fully saturated rings. The third kappa shape index (κ3) is 4.49. The lowest BCUT2D eigenvalue weighted by Gasteiger charge is -2.11. The second-order valence-corrected chi connectivity index (χ2v) is 6.13. The van der Waals surface area contributed by atoms with Crippen molar-refractivity contribution in [2.24, 2.45) is 0 Å². The second-order valence-electron chi connectivity index (χ2n) is 6.13. The number of benzene rings is 1. The summed E-state index contributed by atoms with van der Waals surface area (Å²) in [6.45, 7) is 0. The third-order valence-corrected chi connectivity index (χ3v) is 3.94. The lowest BCUT2D eigenvalue weighted by Crippen LogP contribution is -2.07. The Morgan fingerprint density at radius 1 is 0.967 bits per heavy atom. The molecule has 0 aliphatic heterocycles. The minimum Gasteiger partial charge on any atom is -0.472 e. The van der Waals surface area contributed by atoms with Crippen LogP contribution in [0.1, 0.15) is 5.69 Å². The summed E-state index contributed by atoms with van der Waals surface area (Å²) in [5.41, 5.74) is 6.77. The molecule has 10 heteroatoms. The van der Waals surface area contributed by atoms with Crippen molar-refractivity contribution >= 4 is 17.5 Å². The topological polar surface area (TPSA) is 99.1 Å². The van der Waals surface area contributed by atoms with E-state index in [1.165, 1.54) is 12.3 Å². The average Bonchev–Trinajstić information content (AvgIpc) is 3.24. The number of aromatic nitrogens is 3. The van der Waals surface area contributed by atoms with Gasteiger partial charge >= 0.3 is 6.18 Å². The van der Waals surface area contributed by atoms with Gasteiger partial charge in [0.2, 0.25) is 5.95 Å². The van der Waals surface area contributed by atoms with Crippen LogP contribution in [0.2, 0.25) is 0 Å². The highest BCUT2D eigenvalue weighted by atomic mass is 19.4. The Morgan fingerprint density at radius 2 is 1.77 bits per heavy atom. The molecule has 0 aliphatic carbocycles. The molecule has 0 spiro atoms. The summed E-state index contributed by atoms with van der Waals surface area (Å²) >= 11 is 0. The van der Waals surface area contributed by atoms with Gasteiger partial charge in [-0.2, -0.15) is 18.2 Å². The zero-order valence-corrected chi connectivity index (χ0v) is 15.2. The van der Waals surface area contributed by atoms with Gasteiger partial charge in [-0.05, 0) is 36.4 Å². The van der Waals surface area contributed by atoms with E-state index in [-0.39, 0.29) is 11.7 Å². The van der Waals surface area contributed by atoms with E-state index < -0.39 is 11.9 Å². The summed E-state index contributed by atoms with van der Waals surface area (Å²) in [6.07, 6.45) is -0.423. The predicted molar refractivity (Wildman–Crippen MR) is 103 cm³/mol. The van der Waals surface area contributed by atoms with Crippen molar-refractivity contribution in [1.82, 2.24) is 15.0 Å². The molecule has 0 atom stereocenters. The molecule has 7 nitrogen and oxygen atoms in total. The van der Waals surface area contributed by atoms with Gasteiger partial charge in [0.25, 0.3) is 0 Å². The van der Waals surface area contributed by atoms with E-state index >= 15 is 0 Å². The minimum absolute atomic E-state index is 0.0337. The fourth-order valence-corrected chi connectivity index (χ4v) is 2.61. The van der Waals surface area contributed by atoms with Crippen molar-refractivity contribution in [2.45, 2.75) is 6.18 Å². The molecule has 0 amide bonds. The number of nitrogen functional groups attached to an aromatic ring is 1. The number of nitrogens with zero attached hydrogens (tertiary/aromatic N) is 3. The molecule has 4 aromatic rings. The van der Waals surface area contributed by atoms with Crippen LogP contribution in [-0.4, -0.2) is 15.0 Å². The lowest BCUT2D eigenvalue weighted by atomic mass is 10.2. The number of hydrogen-bond donors (Lipinski definition) is 2. The molecule has 1 aromatic carbocycles. The minimum atomic E-state index is -4.54. The highest BCUT2D eigenvalue weighted by Crippen LogP contribution is 2.31. The number of ether oxygens (including phenoxy) is 1. The van der Waals surface area contributed by atoms with Crippen LogP contribution < -0.4 is 15.8 Å². The quantitative estimate of drug-likeness (QED) is 0.460. The van der Waals surface area contributed by atoms with Crippen LogP contribution in [0.25, 0.3) is 11.3 Å². The molecule has 0 radical (unpaired) electrons. The smallest absolute Gasteiger partial charge is 0.433 e. The number of rotatable bonds is 5. The van der Waals surface area contributed by atoms with Gasteiger partial charge in [0.05, 0.1) is 18.2 Å². The number of pyridine rings is 1. The van der Waals surface area contributed by atoms with Crippen LogP contribution in [0.5, 0.6) is 11.5 Å². The van der Waals surface area contributed by atoms with E-state index in [1.807, 2.05) is 0 Å². The number of hydrogen-bond acceptors (Lipinski definition) is 7. The maximum Gasteiger partial charge on any atom is 0.433 e. The van der Waals surface area contributed by atoms with Crippen LogP contribution >= 0.6 is 0 Å². The van der Waals surface area contributed by atoms with Crippen LogP contribution in [0.4, 0.5) is 30.6 Å². The number of nitrogens with one attached hydrogen (secondary N) is 1. The zero-order chi connectivity index (χ0) is 21.1. The van der Waals surface area contributed by atoms with Crippen molar-refractivity contribution in [3.8, 4) is 22.8 Å². The number of furan rings is 1. The molecule has 0 saturated heterocycles. The first-order valence-corrected chi connectivity index (χ1v) is 8.62. The summed E-state index contributed by atoms with van der Waals surface area (Å²) in [5.74, 6) is 0.957. The Balaban J connectivity index is 1.48. The zero-order valence-electron chi connectivity index (χ0n) is 15.2. The fraction of sp³-hybridized carbons (Fsp3) is 0.0500. The summed E-state index contributed by atoms with van der Waals surface area (Å²) in [5, 5.41) is 3.09. The largest absolute Gasteiger partial charge is 0.472 e. The Morgan fingerprint density at radius 3 is 2.47 bits per heavy atom. The first-order chi connectivity index (χ1) is 14.4. The average molecular weight is 413 g/mol. The molecular weight excluding hydrogens is 399 g/mol. The number of anilines is 3. The lowest BCUT2D eigenvalue weighted by molar-refractivity contribution is -0.141. The Bertz CT molecular complexity index is 1150. The van der Waals surface area contributed by atoms with Crippen molar-refractivity contribution in [1.29, 1.82) is 0 Å². The normalized spacial score (nSPS) is 11.3. The summed E-state index contributed by atoms with van der Waals surface area (Å²) in [6, 6.07) is 12.3. The molecule has 30 heavy (non-hydrogen) atoms. The SMILES string of the molecule is Nc1nc(Nc2ccc(Oc3ccnc(C(F)(F)F)c3)cc2)cc(-c2ccoc2)n1. The Kier molecular flexibility index (Phi) is 4.97. The van der Waals surface area contributed by atoms with E-state index in [2.05, 4.69) is 20.3 Å². The predicted octanol–water partition coefficient (Wildman–Crippen LogP) is 5.27. The second kappa shape index (κ2) is 7.74. The highest BCUT2D eigenvalue weighted by molar-refractivity contribution is 5.66. The maximum absolute atomic E-state index is 12.8. The van der Waals surface area contributed by atoms with Gasteiger partial charge in [-0.25, -0.2) is 4.98 Å². The first-order valence-electron chi connectivity index (χ1n) is 8.62. The van der Waals surface area contributed by atoms with Crippen LogP contribution in [-0.2, 0) is 6.18 Å². The molecular formula is C20H14F3N5O2. The van der Waals surface area contributed by atoms with Crippen LogP contribution in [0.15, 0.2) is 71.7 Å². The van der Waals surface area contributed by atoms with E-state index in [9.17, 15) is 13.2 Å². The number of halogens is 3. The fourth-order valence-electron chi connectivity index (χ4n) is 2.61. The van der Waals surface area contributed by atoms with Crippen molar-refractivity contribution in [3.63, 3.8) is 0 Å². The van der Waals surface area contributed by atoms with Crippen molar-refractivity contribution in [2.75, 3.05) is 11.1 Å². The van der Waals surface area contributed by atoms with Gasteiger partial charge in [0.15, 0.2) is 0 Å². The van der Waals surface area contributed by atoms with E-state index in [0.29, 0.717) is 22.9 Å². The molecule has 0 unspecified atom stereocenters. The third-order valence-electron chi connectivity index (χ3n) is 3.94. The summed E-state index contributed by atoms with van der Waals surface area (Å²) in [4.78, 5) is 11.6. The number of alkyl halides is 3. The maximum atomic E-state index is 12.8. The molecule has 152 valence electrons. The molecule has 3 heterocycles. The van der Waals surface area contributed by atoms with Gasteiger partial charge in [0, 0.05) is 29.6 Å². The highest BCUT2D eigenvalue weighted by Gasteiger charge is 2.32. The molecule has 0 aliphatic rings. The van der Waals surface area contributed by atoms with Gasteiger partial charge in [0.1, 0.15) is 23.0 Å². The number of nitrogens with two attached hydrogens (primary N) is 1. The Hall–Kier alpha value is -4.08. The van der Waals surface area contributed by atoms with Gasteiger partial charge in [-0.1, -0.05) is 0 Å². The van der Waals surface area contributed by atoms with Crippen molar-refractivity contribution in [3.05, 3.63) is 72.9 Å². The first kappa shape index (κ1) is 19.2. The van der Waals surface area contributed by atoms with Gasteiger partial charge in [-0.3, -0.25) is 4.98 Å². The molecule has 0 saturated carbocycles. The van der Waals surface area contributed by atoms with E-state index in [0.717, 1.165) is 17.8 Å².